The van der Waals surface area contributed by atoms with E-state index >= 15 is 0 Å². The molecule has 1 fully saturated rings. The Morgan fingerprint density at radius 2 is 1.96 bits per heavy atom. The fraction of sp³-hybridized carbons (Fsp3) is 0.421. The van der Waals surface area contributed by atoms with Gasteiger partial charge in [-0.05, 0) is 38.5 Å². The average Bonchev–Trinajstić information content (AvgIpc) is 2.80. The second kappa shape index (κ2) is 7.19. The minimum Gasteiger partial charge on any atom is -0.458 e. The molecule has 0 amide bonds. The summed E-state index contributed by atoms with van der Waals surface area (Å²) in [5.41, 5.74) is 1.38. The maximum atomic E-state index is 12.0. The van der Waals surface area contributed by atoms with Crippen LogP contribution in [-0.4, -0.2) is 41.1 Å². The van der Waals surface area contributed by atoms with Gasteiger partial charge in [0.25, 0.3) is 0 Å². The first-order valence-corrected chi connectivity index (χ1v) is 7.95. The first-order valence-electron chi connectivity index (χ1n) is 7.95. The van der Waals surface area contributed by atoms with E-state index in [2.05, 4.69) is 13.2 Å². The highest BCUT2D eigenvalue weighted by Crippen LogP contribution is 2.37. The number of ketones is 1. The molecule has 0 aromatic rings. The number of carbonyl (C=O) groups excluding carboxylic acids is 3. The van der Waals surface area contributed by atoms with Gasteiger partial charge in [0.2, 0.25) is 0 Å². The summed E-state index contributed by atoms with van der Waals surface area (Å²) < 4.78 is 10.8. The van der Waals surface area contributed by atoms with Crippen molar-refractivity contribution in [2.75, 3.05) is 0 Å². The third-order valence-electron chi connectivity index (χ3n) is 4.33. The van der Waals surface area contributed by atoms with Crippen LogP contribution in [0.25, 0.3) is 0 Å². The van der Waals surface area contributed by atoms with Crippen LogP contribution >= 0.6 is 0 Å². The van der Waals surface area contributed by atoms with Gasteiger partial charge in [-0.2, -0.15) is 0 Å². The van der Waals surface area contributed by atoms with Crippen molar-refractivity contribution in [3.8, 4) is 0 Å². The van der Waals surface area contributed by atoms with Gasteiger partial charge in [-0.25, -0.2) is 9.59 Å². The number of allylic oxidation sites excluding steroid dienone is 2. The highest BCUT2D eigenvalue weighted by Gasteiger charge is 2.48. The van der Waals surface area contributed by atoms with Crippen LogP contribution in [-0.2, 0) is 23.9 Å². The van der Waals surface area contributed by atoms with Crippen molar-refractivity contribution in [1.82, 2.24) is 0 Å². The predicted octanol–water partition coefficient (Wildman–Crippen LogP) is 1.80. The molecule has 1 saturated heterocycles. The van der Waals surface area contributed by atoms with Crippen LogP contribution in [0.15, 0.2) is 47.6 Å². The highest BCUT2D eigenvalue weighted by atomic mass is 16.6. The molecule has 1 heterocycles. The zero-order valence-corrected chi connectivity index (χ0v) is 14.6. The van der Waals surface area contributed by atoms with Gasteiger partial charge in [-0.3, -0.25) is 4.79 Å². The molecular formula is C19H22O6. The molecule has 6 heteroatoms. The number of ether oxygens (including phenoxy) is 2. The van der Waals surface area contributed by atoms with Gasteiger partial charge in [-0.1, -0.05) is 18.7 Å². The molecule has 0 aromatic carbocycles. The lowest BCUT2D eigenvalue weighted by atomic mass is 9.83. The quantitative estimate of drug-likeness (QED) is 0.606. The minimum absolute atomic E-state index is 0.135. The topological polar surface area (TPSA) is 89.9 Å². The van der Waals surface area contributed by atoms with Crippen LogP contribution in [0, 0.1) is 5.92 Å². The summed E-state index contributed by atoms with van der Waals surface area (Å²) in [6, 6.07) is 0. The van der Waals surface area contributed by atoms with Crippen LogP contribution in [0.1, 0.15) is 27.2 Å². The number of aliphatic hydroxyl groups excluding tert-OH is 1. The van der Waals surface area contributed by atoms with Crippen molar-refractivity contribution in [2.24, 2.45) is 5.92 Å². The minimum atomic E-state index is -1.20. The Morgan fingerprint density at radius 1 is 1.32 bits per heavy atom. The lowest BCUT2D eigenvalue weighted by molar-refractivity contribution is -0.150. The van der Waals surface area contributed by atoms with Crippen molar-refractivity contribution >= 4 is 17.7 Å². The van der Waals surface area contributed by atoms with E-state index in [1.54, 1.807) is 13.8 Å². The molecule has 0 radical (unpaired) electrons. The number of carbonyl (C=O) groups is 3. The molecule has 134 valence electrons. The van der Waals surface area contributed by atoms with E-state index in [0.29, 0.717) is 11.1 Å². The van der Waals surface area contributed by atoms with E-state index in [-0.39, 0.29) is 23.4 Å². The second-order valence-electron chi connectivity index (χ2n) is 6.58. The Balaban J connectivity index is 2.50. The van der Waals surface area contributed by atoms with Gasteiger partial charge in [0.05, 0.1) is 5.92 Å². The Morgan fingerprint density at radius 3 is 2.56 bits per heavy atom. The SMILES string of the molecule is C=C(C)C(=O)O[C@H]1C/C(C)=C/C(=O)/C=C(/C)C(O)[C@H]2OC(=O)C(=C)C21. The summed E-state index contributed by atoms with van der Waals surface area (Å²) in [6.45, 7) is 12.1. The van der Waals surface area contributed by atoms with E-state index in [1.165, 1.54) is 19.1 Å². The van der Waals surface area contributed by atoms with Crippen LogP contribution in [0.3, 0.4) is 0 Å². The lowest BCUT2D eigenvalue weighted by Crippen LogP contribution is -2.41. The van der Waals surface area contributed by atoms with Gasteiger partial charge in [0.1, 0.15) is 18.3 Å². The molecular weight excluding hydrogens is 324 g/mol. The molecule has 25 heavy (non-hydrogen) atoms. The number of hydrogen-bond donors (Lipinski definition) is 1. The normalized spacial score (nSPS) is 34.2. The van der Waals surface area contributed by atoms with Crippen LogP contribution in [0.5, 0.6) is 0 Å². The molecule has 1 N–H and O–H groups in total. The third kappa shape index (κ3) is 3.96. The van der Waals surface area contributed by atoms with Crippen molar-refractivity contribution in [3.63, 3.8) is 0 Å². The zero-order valence-electron chi connectivity index (χ0n) is 14.6. The maximum Gasteiger partial charge on any atom is 0.334 e. The summed E-state index contributed by atoms with van der Waals surface area (Å²) >= 11 is 0. The maximum absolute atomic E-state index is 12.0. The van der Waals surface area contributed by atoms with Crippen molar-refractivity contribution < 1.29 is 29.0 Å². The molecule has 0 aromatic heterocycles. The van der Waals surface area contributed by atoms with Gasteiger partial charge < -0.3 is 14.6 Å². The number of hydrogen-bond acceptors (Lipinski definition) is 6. The Labute approximate surface area is 146 Å². The van der Waals surface area contributed by atoms with Gasteiger partial charge >= 0.3 is 11.9 Å². The molecule has 0 saturated carbocycles. The summed E-state index contributed by atoms with van der Waals surface area (Å²) in [4.78, 5) is 36.0. The van der Waals surface area contributed by atoms with E-state index in [1.807, 2.05) is 0 Å². The fourth-order valence-electron chi connectivity index (χ4n) is 3.01. The van der Waals surface area contributed by atoms with Crippen LogP contribution < -0.4 is 0 Å². The Bertz CT molecular complexity index is 711. The summed E-state index contributed by atoms with van der Waals surface area (Å²) in [5.74, 6) is -2.27. The number of rotatable bonds is 2. The molecule has 4 atom stereocenters. The summed E-state index contributed by atoms with van der Waals surface area (Å²) in [6.07, 6.45) is -0.0503. The molecule has 2 rings (SSSR count). The molecule has 2 unspecified atom stereocenters. The third-order valence-corrected chi connectivity index (χ3v) is 4.33. The second-order valence-corrected chi connectivity index (χ2v) is 6.58. The summed E-state index contributed by atoms with van der Waals surface area (Å²) in [5, 5.41) is 10.5. The monoisotopic (exact) mass is 346 g/mol. The van der Waals surface area contributed by atoms with Crippen molar-refractivity contribution in [2.45, 2.75) is 45.5 Å². The van der Waals surface area contributed by atoms with E-state index < -0.39 is 36.2 Å². The average molecular weight is 346 g/mol. The standard InChI is InChI=1S/C19H22O6/c1-9(2)18(22)24-14-7-10(3)6-13(20)8-11(4)16(21)17-15(14)12(5)19(23)25-17/h6,8,14-17,21H,1,5,7H2,2-4H3/b10-6+,11-8-/t14-,15?,16?,17-/m0/s1. The molecule has 0 bridgehead atoms. The first-order chi connectivity index (χ1) is 11.6. The molecule has 1 aliphatic heterocycles. The summed E-state index contributed by atoms with van der Waals surface area (Å²) in [7, 11) is 0. The molecule has 2 aliphatic rings. The zero-order chi connectivity index (χ0) is 18.9. The van der Waals surface area contributed by atoms with Crippen molar-refractivity contribution in [3.05, 3.63) is 47.6 Å². The highest BCUT2D eigenvalue weighted by molar-refractivity contribution is 6.00. The molecule has 0 spiro atoms. The van der Waals surface area contributed by atoms with E-state index in [9.17, 15) is 19.5 Å². The van der Waals surface area contributed by atoms with Crippen LogP contribution in [0.4, 0.5) is 0 Å². The smallest absolute Gasteiger partial charge is 0.334 e. The van der Waals surface area contributed by atoms with Gasteiger partial charge in [-0.15, -0.1) is 0 Å². The van der Waals surface area contributed by atoms with E-state index in [0.717, 1.165) is 0 Å². The lowest BCUT2D eigenvalue weighted by Gasteiger charge is -2.30. The predicted molar refractivity (Wildman–Crippen MR) is 90.3 cm³/mol. The van der Waals surface area contributed by atoms with E-state index in [4.69, 9.17) is 9.47 Å². The van der Waals surface area contributed by atoms with Crippen molar-refractivity contribution in [1.29, 1.82) is 0 Å². The first kappa shape index (κ1) is 18.9. The van der Waals surface area contributed by atoms with Gasteiger partial charge in [0, 0.05) is 17.6 Å². The molecule has 6 nitrogen and oxygen atoms in total. The Hall–Kier alpha value is -2.47. The Kier molecular flexibility index (Phi) is 5.42. The fourth-order valence-corrected chi connectivity index (χ4v) is 3.01. The molecule has 1 aliphatic carbocycles. The van der Waals surface area contributed by atoms with Gasteiger partial charge in [0.15, 0.2) is 5.78 Å². The largest absolute Gasteiger partial charge is 0.458 e. The number of fused-ring (bicyclic) bond motifs is 1. The number of aliphatic hydroxyl groups is 1. The number of esters is 2. The van der Waals surface area contributed by atoms with Crippen LogP contribution in [0.2, 0.25) is 0 Å².